The van der Waals surface area contributed by atoms with E-state index in [9.17, 15) is 0 Å². The largest absolute Gasteiger partial charge is 0.493 e. The summed E-state index contributed by atoms with van der Waals surface area (Å²) in [5, 5.41) is 0.684. The lowest BCUT2D eigenvalue weighted by Crippen LogP contribution is -2.00. The Balaban J connectivity index is 1.97. The number of nitrogens with zero attached hydrogens (tertiary/aromatic N) is 3. The van der Waals surface area contributed by atoms with Gasteiger partial charge in [-0.3, -0.25) is 4.99 Å². The Morgan fingerprint density at radius 1 is 1.13 bits per heavy atom. The number of aromatic amines is 1. The minimum Gasteiger partial charge on any atom is -0.493 e. The molecule has 0 spiro atoms. The number of nitrogens with one attached hydrogen (secondary N) is 1. The molecule has 0 fully saturated rings. The smallest absolute Gasteiger partial charge is 0.223 e. The molecule has 0 radical (unpaired) electrons. The summed E-state index contributed by atoms with van der Waals surface area (Å²) in [6.45, 7) is 0. The van der Waals surface area contributed by atoms with E-state index in [0.717, 1.165) is 5.56 Å². The van der Waals surface area contributed by atoms with Gasteiger partial charge in [-0.1, -0.05) is 0 Å². The fourth-order valence-corrected chi connectivity index (χ4v) is 2.25. The van der Waals surface area contributed by atoms with Gasteiger partial charge in [0.1, 0.15) is 11.5 Å². The van der Waals surface area contributed by atoms with Crippen LogP contribution in [0.3, 0.4) is 0 Å². The summed E-state index contributed by atoms with van der Waals surface area (Å²) >= 11 is 0. The molecule has 3 aromatic rings. The molecule has 2 aromatic heterocycles. The highest BCUT2D eigenvalue weighted by atomic mass is 16.5. The third-order valence-corrected chi connectivity index (χ3v) is 3.33. The molecule has 3 rings (SSSR count). The van der Waals surface area contributed by atoms with Crippen LogP contribution in [0.1, 0.15) is 5.56 Å². The van der Waals surface area contributed by atoms with Gasteiger partial charge in [-0.25, -0.2) is 0 Å². The number of rotatable bonds is 4. The van der Waals surface area contributed by atoms with Crippen molar-refractivity contribution in [3.8, 4) is 11.5 Å². The second-order valence-corrected chi connectivity index (χ2v) is 4.73. The molecular weight excluding hydrogens is 296 g/mol. The highest BCUT2D eigenvalue weighted by Gasteiger charge is 2.09. The molecule has 8 heteroatoms. The van der Waals surface area contributed by atoms with Crippen molar-refractivity contribution >= 4 is 34.7 Å². The third-order valence-electron chi connectivity index (χ3n) is 3.33. The van der Waals surface area contributed by atoms with Crippen LogP contribution in [0.15, 0.2) is 29.4 Å². The van der Waals surface area contributed by atoms with Gasteiger partial charge < -0.3 is 25.9 Å². The van der Waals surface area contributed by atoms with E-state index in [0.29, 0.717) is 34.0 Å². The molecule has 2 heterocycles. The van der Waals surface area contributed by atoms with Crippen LogP contribution in [0.2, 0.25) is 0 Å². The summed E-state index contributed by atoms with van der Waals surface area (Å²) in [5.41, 5.74) is 13.5. The summed E-state index contributed by atoms with van der Waals surface area (Å²) in [6, 6.07) is 5.39. The average molecular weight is 312 g/mol. The molecule has 0 saturated carbocycles. The maximum Gasteiger partial charge on any atom is 0.223 e. The molecule has 0 aliphatic rings. The number of hydrogen-bond donors (Lipinski definition) is 3. The molecule has 0 bridgehead atoms. The lowest BCUT2D eigenvalue weighted by atomic mass is 10.2. The Labute approximate surface area is 132 Å². The predicted octanol–water partition coefficient (Wildman–Crippen LogP) is 1.89. The number of aromatic nitrogens is 3. The molecular formula is C15H16N6O2. The Bertz CT molecular complexity index is 887. The Hall–Kier alpha value is -3.29. The maximum absolute atomic E-state index is 5.91. The predicted molar refractivity (Wildman–Crippen MR) is 89.5 cm³/mol. The zero-order valence-corrected chi connectivity index (χ0v) is 12.7. The number of benzene rings is 1. The molecule has 0 amide bonds. The summed E-state index contributed by atoms with van der Waals surface area (Å²) in [7, 11) is 3.16. The Morgan fingerprint density at radius 3 is 2.65 bits per heavy atom. The first-order valence-electron chi connectivity index (χ1n) is 6.78. The van der Waals surface area contributed by atoms with Crippen molar-refractivity contribution < 1.29 is 9.47 Å². The van der Waals surface area contributed by atoms with E-state index < -0.39 is 0 Å². The topological polar surface area (TPSA) is 124 Å². The lowest BCUT2D eigenvalue weighted by Gasteiger charge is -2.07. The molecule has 0 unspecified atom stereocenters. The highest BCUT2D eigenvalue weighted by Crippen LogP contribution is 2.31. The quantitative estimate of drug-likeness (QED) is 0.632. The van der Waals surface area contributed by atoms with Gasteiger partial charge in [0.05, 0.1) is 25.3 Å². The van der Waals surface area contributed by atoms with Gasteiger partial charge in [0, 0.05) is 24.0 Å². The van der Waals surface area contributed by atoms with Crippen molar-refractivity contribution in [2.24, 2.45) is 4.99 Å². The van der Waals surface area contributed by atoms with Crippen molar-refractivity contribution in [1.82, 2.24) is 15.0 Å². The van der Waals surface area contributed by atoms with Gasteiger partial charge >= 0.3 is 0 Å². The first-order valence-corrected chi connectivity index (χ1v) is 6.78. The zero-order chi connectivity index (χ0) is 16.4. The van der Waals surface area contributed by atoms with Gasteiger partial charge in [-0.2, -0.15) is 9.97 Å². The van der Waals surface area contributed by atoms with Crippen LogP contribution in [0.5, 0.6) is 11.5 Å². The molecule has 23 heavy (non-hydrogen) atoms. The number of methoxy groups -OCH3 is 2. The van der Waals surface area contributed by atoms with Crippen molar-refractivity contribution in [3.05, 3.63) is 30.0 Å². The number of aliphatic imine (C=N–C) groups is 1. The zero-order valence-electron chi connectivity index (χ0n) is 12.7. The first-order chi connectivity index (χ1) is 11.1. The van der Waals surface area contributed by atoms with Gasteiger partial charge in [-0.15, -0.1) is 0 Å². The molecule has 5 N–H and O–H groups in total. The molecule has 0 aliphatic heterocycles. The van der Waals surface area contributed by atoms with Crippen LogP contribution >= 0.6 is 0 Å². The number of nitrogen functional groups attached to an aromatic ring is 2. The maximum atomic E-state index is 5.91. The summed E-state index contributed by atoms with van der Waals surface area (Å²) in [6.07, 6.45) is 3.43. The van der Waals surface area contributed by atoms with Crippen LogP contribution in [0, 0.1) is 0 Å². The molecule has 0 aliphatic carbocycles. The molecule has 0 atom stereocenters. The Morgan fingerprint density at radius 2 is 1.91 bits per heavy atom. The Kier molecular flexibility index (Phi) is 3.71. The van der Waals surface area contributed by atoms with Crippen LogP contribution in [-0.4, -0.2) is 35.4 Å². The summed E-state index contributed by atoms with van der Waals surface area (Å²) in [5.74, 6) is 1.69. The second-order valence-electron chi connectivity index (χ2n) is 4.73. The SMILES string of the molecule is COc1ccc(N=Cc2c[nH]c3nc(N)nc(N)c23)cc1OC. The van der Waals surface area contributed by atoms with Crippen molar-refractivity contribution in [2.75, 3.05) is 25.7 Å². The minimum atomic E-state index is 0.125. The van der Waals surface area contributed by atoms with E-state index in [2.05, 4.69) is 19.9 Å². The highest BCUT2D eigenvalue weighted by molar-refractivity contribution is 6.03. The fourth-order valence-electron chi connectivity index (χ4n) is 2.25. The number of H-pyrrole nitrogens is 1. The van der Waals surface area contributed by atoms with Crippen molar-refractivity contribution in [3.63, 3.8) is 0 Å². The number of anilines is 2. The van der Waals surface area contributed by atoms with Gasteiger partial charge in [0.2, 0.25) is 5.95 Å². The van der Waals surface area contributed by atoms with Crippen LogP contribution in [0.4, 0.5) is 17.5 Å². The van der Waals surface area contributed by atoms with Crippen LogP contribution in [-0.2, 0) is 0 Å². The van der Waals surface area contributed by atoms with Crippen molar-refractivity contribution in [2.45, 2.75) is 0 Å². The summed E-state index contributed by atoms with van der Waals surface area (Å²) in [4.78, 5) is 15.5. The number of fused-ring (bicyclic) bond motifs is 1. The van der Waals surface area contributed by atoms with Gasteiger partial charge in [-0.05, 0) is 12.1 Å². The van der Waals surface area contributed by atoms with Gasteiger partial charge in [0.15, 0.2) is 11.5 Å². The minimum absolute atomic E-state index is 0.125. The second kappa shape index (κ2) is 5.84. The molecule has 8 nitrogen and oxygen atoms in total. The lowest BCUT2D eigenvalue weighted by molar-refractivity contribution is 0.355. The molecule has 0 saturated heterocycles. The summed E-state index contributed by atoms with van der Waals surface area (Å²) < 4.78 is 10.5. The molecule has 1 aromatic carbocycles. The van der Waals surface area contributed by atoms with Gasteiger partial charge in [0.25, 0.3) is 0 Å². The monoisotopic (exact) mass is 312 g/mol. The average Bonchev–Trinajstić information content (AvgIpc) is 2.95. The van der Waals surface area contributed by atoms with E-state index in [4.69, 9.17) is 20.9 Å². The van der Waals surface area contributed by atoms with Crippen LogP contribution < -0.4 is 20.9 Å². The van der Waals surface area contributed by atoms with E-state index in [1.54, 1.807) is 38.8 Å². The number of nitrogens with two attached hydrogens (primary N) is 2. The standard InChI is InChI=1S/C15H16N6O2/c1-22-10-4-3-9(5-11(10)23-2)18-6-8-7-19-14-12(8)13(16)20-15(17)21-14/h3-7H,1-2H3,(H5,16,17,19,20,21). The number of ether oxygens (including phenoxy) is 2. The van der Waals surface area contributed by atoms with E-state index in [-0.39, 0.29) is 5.95 Å². The van der Waals surface area contributed by atoms with Crippen LogP contribution in [0.25, 0.3) is 11.0 Å². The number of hydrogen-bond acceptors (Lipinski definition) is 7. The van der Waals surface area contributed by atoms with E-state index in [1.165, 1.54) is 0 Å². The first kappa shape index (κ1) is 14.6. The van der Waals surface area contributed by atoms with Crippen molar-refractivity contribution in [1.29, 1.82) is 0 Å². The van der Waals surface area contributed by atoms with E-state index >= 15 is 0 Å². The fraction of sp³-hybridized carbons (Fsp3) is 0.133. The molecule has 118 valence electrons. The normalized spacial score (nSPS) is 11.2. The third kappa shape index (κ3) is 2.73. The van der Waals surface area contributed by atoms with E-state index in [1.807, 2.05) is 6.07 Å².